The van der Waals surface area contributed by atoms with E-state index in [9.17, 15) is 19.5 Å². The summed E-state index contributed by atoms with van der Waals surface area (Å²) >= 11 is 0. The van der Waals surface area contributed by atoms with Gasteiger partial charge in [0.25, 0.3) is 5.91 Å². The highest BCUT2D eigenvalue weighted by Crippen LogP contribution is 2.41. The van der Waals surface area contributed by atoms with Gasteiger partial charge in [0.1, 0.15) is 18.3 Å². The molecule has 2 N–H and O–H groups in total. The van der Waals surface area contributed by atoms with Gasteiger partial charge in [-0.1, -0.05) is 60.7 Å². The van der Waals surface area contributed by atoms with Gasteiger partial charge in [0.05, 0.1) is 30.2 Å². The summed E-state index contributed by atoms with van der Waals surface area (Å²) < 4.78 is 32.2. The second-order valence-electron chi connectivity index (χ2n) is 12.0. The molecule has 3 atom stereocenters. The number of esters is 1. The number of ether oxygens (including phenoxy) is 3. The zero-order valence-electron chi connectivity index (χ0n) is 24.5. The van der Waals surface area contributed by atoms with Gasteiger partial charge in [-0.3, -0.25) is 14.4 Å². The third kappa shape index (κ3) is 5.54. The van der Waals surface area contributed by atoms with Crippen LogP contribution in [-0.4, -0.2) is 42.2 Å². The minimum Gasteiger partial charge on any atom is -0.496 e. The maximum absolute atomic E-state index is 15.1. The Bertz CT molecular complexity index is 1680. The molecule has 0 unspecified atom stereocenters. The molecule has 9 heteroatoms. The van der Waals surface area contributed by atoms with Crippen molar-refractivity contribution in [3.05, 3.63) is 95.3 Å². The number of halogens is 1. The number of benzene rings is 3. The summed E-state index contributed by atoms with van der Waals surface area (Å²) in [4.78, 5) is 38.3. The summed E-state index contributed by atoms with van der Waals surface area (Å²) in [6.07, 6.45) is 7.07. The molecule has 8 nitrogen and oxygen atoms in total. The molecule has 1 saturated carbocycles. The number of hydrogen-bond donors (Lipinski definition) is 2. The molecule has 3 aliphatic carbocycles. The number of aliphatic carboxylic acids is 1. The number of hydrogen-bond acceptors (Lipinski definition) is 6. The Labute approximate surface area is 254 Å². The first-order valence-electron chi connectivity index (χ1n) is 14.8. The average Bonchev–Trinajstić information content (AvgIpc) is 3.64. The first-order valence-corrected chi connectivity index (χ1v) is 14.8. The first kappa shape index (κ1) is 29.4. The number of amides is 1. The molecule has 1 amide bonds. The van der Waals surface area contributed by atoms with E-state index in [4.69, 9.17) is 14.2 Å². The average molecular weight is 600 g/mol. The molecule has 0 saturated heterocycles. The minimum atomic E-state index is -1.02. The quantitative estimate of drug-likeness (QED) is 0.291. The fraction of sp³-hybridized carbons (Fsp3) is 0.343. The van der Waals surface area contributed by atoms with E-state index in [0.29, 0.717) is 31.3 Å². The molecule has 44 heavy (non-hydrogen) atoms. The third-order valence-corrected chi connectivity index (χ3v) is 9.15. The van der Waals surface area contributed by atoms with Crippen LogP contribution in [0.5, 0.6) is 11.5 Å². The number of carboxylic acids is 1. The highest BCUT2D eigenvalue weighted by molar-refractivity contribution is 5.98. The third-order valence-electron chi connectivity index (χ3n) is 9.15. The second kappa shape index (κ2) is 11.8. The Morgan fingerprint density at radius 2 is 1.80 bits per heavy atom. The minimum absolute atomic E-state index is 0.0136. The summed E-state index contributed by atoms with van der Waals surface area (Å²) in [5.74, 6) is -3.74. The van der Waals surface area contributed by atoms with E-state index in [-0.39, 0.29) is 41.7 Å². The highest BCUT2D eigenvalue weighted by Gasteiger charge is 2.44. The van der Waals surface area contributed by atoms with Crippen LogP contribution in [0.1, 0.15) is 48.5 Å². The van der Waals surface area contributed by atoms with Gasteiger partial charge in [-0.15, -0.1) is 0 Å². The Morgan fingerprint density at radius 1 is 1.05 bits per heavy atom. The molecule has 3 aliphatic rings. The summed E-state index contributed by atoms with van der Waals surface area (Å²) in [5.41, 5.74) is 0.949. The predicted molar refractivity (Wildman–Crippen MR) is 161 cm³/mol. The van der Waals surface area contributed by atoms with Crippen molar-refractivity contribution in [2.45, 2.75) is 51.4 Å². The molecule has 3 aromatic carbocycles. The van der Waals surface area contributed by atoms with Crippen molar-refractivity contribution in [1.82, 2.24) is 5.32 Å². The van der Waals surface area contributed by atoms with Crippen LogP contribution in [0.3, 0.4) is 0 Å². The van der Waals surface area contributed by atoms with Gasteiger partial charge in [-0.05, 0) is 60.6 Å². The van der Waals surface area contributed by atoms with Crippen molar-refractivity contribution < 1.29 is 38.1 Å². The van der Waals surface area contributed by atoms with Crippen molar-refractivity contribution in [1.29, 1.82) is 0 Å². The van der Waals surface area contributed by atoms with Crippen molar-refractivity contribution in [2.24, 2.45) is 17.3 Å². The second-order valence-corrected chi connectivity index (χ2v) is 12.0. The van der Waals surface area contributed by atoms with Gasteiger partial charge in [-0.2, -0.15) is 0 Å². The number of allylic oxidation sites excluding steroid dienone is 1. The highest BCUT2D eigenvalue weighted by atomic mass is 19.1. The van der Waals surface area contributed by atoms with Crippen molar-refractivity contribution in [2.75, 3.05) is 7.11 Å². The largest absolute Gasteiger partial charge is 0.496 e. The lowest BCUT2D eigenvalue weighted by molar-refractivity contribution is -0.159. The maximum Gasteiger partial charge on any atom is 0.313 e. The summed E-state index contributed by atoms with van der Waals surface area (Å²) in [6.45, 7) is 2.07. The van der Waals surface area contributed by atoms with Gasteiger partial charge in [-0.25, -0.2) is 4.39 Å². The van der Waals surface area contributed by atoms with Crippen molar-refractivity contribution >= 4 is 28.6 Å². The van der Waals surface area contributed by atoms with E-state index in [2.05, 4.69) is 5.32 Å². The van der Waals surface area contributed by atoms with E-state index >= 15 is 4.39 Å². The number of methoxy groups -OCH3 is 1. The number of fused-ring (bicyclic) bond motifs is 2. The van der Waals surface area contributed by atoms with E-state index in [1.807, 2.05) is 61.5 Å². The summed E-state index contributed by atoms with van der Waals surface area (Å²) in [5, 5.41) is 14.6. The molecule has 6 rings (SSSR count). The molecular weight excluding hydrogens is 565 g/mol. The lowest BCUT2D eigenvalue weighted by Crippen LogP contribution is -2.45. The molecule has 3 aromatic rings. The standard InChI is InChI=1S/C35H34FNO7/c1-35(34(41)43-19-23-8-5-7-20-6-3-4-9-25(20)23)14-12-24(13-15-35)44-29-17-26(28(42-2)18-27(29)36)32(38)37-31-22-11-10-21(16-22)30(31)33(39)40/h3-11,16-18,22,24,30-31H,12-15,19H2,1-2H3,(H,37,38)(H,39,40)/t22-,24?,30-,31+,35?/m0/s1. The zero-order chi connectivity index (χ0) is 31.0. The predicted octanol–water partition coefficient (Wildman–Crippen LogP) is 5.98. The molecule has 0 spiro atoms. The van der Waals surface area contributed by atoms with Crippen LogP contribution in [0.15, 0.2) is 78.4 Å². The van der Waals surface area contributed by atoms with E-state index < -0.39 is 35.1 Å². The molecule has 0 radical (unpaired) electrons. The van der Waals surface area contributed by atoms with E-state index in [1.165, 1.54) is 13.2 Å². The molecule has 1 fully saturated rings. The van der Waals surface area contributed by atoms with Crippen LogP contribution in [0.4, 0.5) is 4.39 Å². The molecule has 228 valence electrons. The number of nitrogens with one attached hydrogen (secondary N) is 1. The fourth-order valence-electron chi connectivity index (χ4n) is 6.56. The van der Waals surface area contributed by atoms with Gasteiger partial charge in [0.15, 0.2) is 11.6 Å². The van der Waals surface area contributed by atoms with Crippen LogP contribution in [0.2, 0.25) is 0 Å². The van der Waals surface area contributed by atoms with Crippen LogP contribution in [-0.2, 0) is 20.9 Å². The monoisotopic (exact) mass is 599 g/mol. The first-order chi connectivity index (χ1) is 21.2. The zero-order valence-corrected chi connectivity index (χ0v) is 24.5. The summed E-state index contributed by atoms with van der Waals surface area (Å²) in [6, 6.07) is 15.6. The molecule has 0 aliphatic heterocycles. The number of carbonyl (C=O) groups is 3. The Kier molecular flexibility index (Phi) is 7.88. The van der Waals surface area contributed by atoms with Crippen LogP contribution < -0.4 is 14.8 Å². The number of carboxylic acid groups (broad SMARTS) is 1. The SMILES string of the molecule is COc1cc(F)c(OC2CCC(C)(C(=O)OCc3cccc4ccccc34)CC2)cc1C(=O)N[C@@H]1[C@H]2C=CC(=C2)[C@@H]1C(=O)O. The lowest BCUT2D eigenvalue weighted by Gasteiger charge is -2.35. The lowest BCUT2D eigenvalue weighted by atomic mass is 9.74. The molecule has 2 bridgehead atoms. The van der Waals surface area contributed by atoms with Gasteiger partial charge >= 0.3 is 11.9 Å². The smallest absolute Gasteiger partial charge is 0.313 e. The normalized spacial score (nSPS) is 25.4. The van der Waals surface area contributed by atoms with Gasteiger partial charge in [0.2, 0.25) is 0 Å². The maximum atomic E-state index is 15.1. The van der Waals surface area contributed by atoms with Crippen LogP contribution in [0.25, 0.3) is 10.8 Å². The van der Waals surface area contributed by atoms with Gasteiger partial charge < -0.3 is 24.6 Å². The van der Waals surface area contributed by atoms with Crippen molar-refractivity contribution in [3.63, 3.8) is 0 Å². The Morgan fingerprint density at radius 3 is 2.55 bits per heavy atom. The molecule has 0 heterocycles. The number of rotatable bonds is 9. The Hall–Kier alpha value is -4.66. The molecular formula is C35H34FNO7. The van der Waals surface area contributed by atoms with Crippen LogP contribution in [0, 0.1) is 23.1 Å². The fourth-order valence-corrected chi connectivity index (χ4v) is 6.56. The Balaban J connectivity index is 1.09. The van der Waals surface area contributed by atoms with Crippen molar-refractivity contribution in [3.8, 4) is 11.5 Å². The van der Waals surface area contributed by atoms with Crippen LogP contribution >= 0.6 is 0 Å². The van der Waals surface area contributed by atoms with Gasteiger partial charge in [0, 0.05) is 12.0 Å². The topological polar surface area (TPSA) is 111 Å². The summed E-state index contributed by atoms with van der Waals surface area (Å²) in [7, 11) is 1.33. The van der Waals surface area contributed by atoms with E-state index in [0.717, 1.165) is 22.4 Å². The molecule has 0 aromatic heterocycles. The number of carbonyl (C=O) groups excluding carboxylic acids is 2. The van der Waals surface area contributed by atoms with E-state index in [1.54, 1.807) is 6.08 Å².